The van der Waals surface area contributed by atoms with Gasteiger partial charge >= 0.3 is 0 Å². The van der Waals surface area contributed by atoms with Gasteiger partial charge in [0.05, 0.1) is 4.91 Å². The number of amides is 1. The number of likely N-dealkylation sites (N-methyl/N-ethyl adjacent to an activating group) is 1. The molecule has 0 unspecified atom stereocenters. The lowest BCUT2D eigenvalue weighted by Crippen LogP contribution is -2.22. The molecule has 0 N–H and O–H groups in total. The molecule has 1 amide bonds. The van der Waals surface area contributed by atoms with Crippen LogP contribution >= 0.6 is 24.0 Å². The zero-order valence-electron chi connectivity index (χ0n) is 12.7. The van der Waals surface area contributed by atoms with Crippen LogP contribution in [0.15, 0.2) is 41.4 Å². The second kappa shape index (κ2) is 5.74. The van der Waals surface area contributed by atoms with Crippen molar-refractivity contribution in [3.63, 3.8) is 0 Å². The molecule has 1 aromatic heterocycles. The smallest absolute Gasteiger partial charge is 0.265 e. The highest BCUT2D eigenvalue weighted by Crippen LogP contribution is 2.33. The fourth-order valence-electron chi connectivity index (χ4n) is 2.53. The van der Waals surface area contributed by atoms with Gasteiger partial charge < -0.3 is 4.57 Å². The third kappa shape index (κ3) is 2.51. The lowest BCUT2D eigenvalue weighted by Gasteiger charge is -2.06. The molecule has 2 aromatic rings. The first-order valence-corrected chi connectivity index (χ1v) is 8.17. The van der Waals surface area contributed by atoms with Crippen LogP contribution in [0, 0.1) is 13.8 Å². The molecule has 112 valence electrons. The summed E-state index contributed by atoms with van der Waals surface area (Å²) in [6.07, 6.45) is 4.05. The van der Waals surface area contributed by atoms with Crippen molar-refractivity contribution in [3.05, 3.63) is 58.3 Å². The summed E-state index contributed by atoms with van der Waals surface area (Å²) >= 11 is 6.54. The Bertz CT molecular complexity index is 790. The van der Waals surface area contributed by atoms with Crippen LogP contribution in [-0.2, 0) is 4.79 Å². The summed E-state index contributed by atoms with van der Waals surface area (Å²) in [5.74, 6) is -0.0266. The van der Waals surface area contributed by atoms with Gasteiger partial charge in [-0.25, -0.2) is 0 Å². The summed E-state index contributed by atoms with van der Waals surface area (Å²) in [5.41, 5.74) is 4.45. The predicted molar refractivity (Wildman–Crippen MR) is 96.2 cm³/mol. The number of aryl methyl sites for hydroxylation is 1. The number of rotatable bonds is 2. The van der Waals surface area contributed by atoms with Crippen LogP contribution < -0.4 is 0 Å². The quantitative estimate of drug-likeness (QED) is 0.617. The molecule has 22 heavy (non-hydrogen) atoms. The van der Waals surface area contributed by atoms with Gasteiger partial charge in [-0.15, -0.1) is 0 Å². The molecule has 0 atom stereocenters. The maximum Gasteiger partial charge on any atom is 0.265 e. The van der Waals surface area contributed by atoms with E-state index in [0.717, 1.165) is 22.5 Å². The second-order valence-corrected chi connectivity index (χ2v) is 6.93. The standard InChI is InChI=1S/C17H16N2OS2/c1-11-10-19(13-7-5-4-6-8-13)12(2)14(11)9-15-16(20)18(3)17(21)22-15/h4-10H,1-3H3. The number of carbonyl (C=O) groups is 1. The highest BCUT2D eigenvalue weighted by molar-refractivity contribution is 8.26. The molecule has 1 aliphatic heterocycles. The summed E-state index contributed by atoms with van der Waals surface area (Å²) in [6.45, 7) is 4.13. The molecule has 1 aliphatic rings. The normalized spacial score (nSPS) is 16.9. The van der Waals surface area contributed by atoms with Crippen molar-refractivity contribution in [1.29, 1.82) is 0 Å². The van der Waals surface area contributed by atoms with Gasteiger partial charge in [0, 0.05) is 24.6 Å². The van der Waals surface area contributed by atoms with Crippen molar-refractivity contribution in [2.75, 3.05) is 7.05 Å². The van der Waals surface area contributed by atoms with E-state index in [2.05, 4.69) is 36.7 Å². The van der Waals surface area contributed by atoms with Gasteiger partial charge in [-0.2, -0.15) is 0 Å². The minimum absolute atomic E-state index is 0.0266. The number of aromatic nitrogens is 1. The Morgan fingerprint density at radius 2 is 1.86 bits per heavy atom. The van der Waals surface area contributed by atoms with Crippen LogP contribution in [0.2, 0.25) is 0 Å². The highest BCUT2D eigenvalue weighted by atomic mass is 32.2. The topological polar surface area (TPSA) is 25.2 Å². The van der Waals surface area contributed by atoms with E-state index in [4.69, 9.17) is 12.2 Å². The van der Waals surface area contributed by atoms with Crippen LogP contribution in [0.25, 0.3) is 11.8 Å². The fraction of sp³-hybridized carbons (Fsp3) is 0.176. The molecule has 2 heterocycles. The average molecular weight is 328 g/mol. The molecule has 1 fully saturated rings. The van der Waals surface area contributed by atoms with Crippen molar-refractivity contribution in [1.82, 2.24) is 9.47 Å². The number of hydrogen-bond donors (Lipinski definition) is 0. The Morgan fingerprint density at radius 3 is 2.45 bits per heavy atom. The van der Waals surface area contributed by atoms with Gasteiger partial charge in [0.2, 0.25) is 0 Å². The van der Waals surface area contributed by atoms with E-state index in [1.54, 1.807) is 7.05 Å². The maximum absolute atomic E-state index is 12.2. The molecule has 3 rings (SSSR count). The van der Waals surface area contributed by atoms with Crippen molar-refractivity contribution in [2.24, 2.45) is 0 Å². The van der Waals surface area contributed by atoms with E-state index >= 15 is 0 Å². The molecule has 1 saturated heterocycles. The molecule has 3 nitrogen and oxygen atoms in total. The summed E-state index contributed by atoms with van der Waals surface area (Å²) in [5, 5.41) is 0. The van der Waals surface area contributed by atoms with Crippen LogP contribution in [0.1, 0.15) is 16.8 Å². The van der Waals surface area contributed by atoms with Gasteiger partial charge in [0.15, 0.2) is 0 Å². The average Bonchev–Trinajstić information content (AvgIpc) is 2.93. The largest absolute Gasteiger partial charge is 0.320 e. The molecule has 0 bridgehead atoms. The number of para-hydroxylation sites is 1. The molecule has 0 radical (unpaired) electrons. The van der Waals surface area contributed by atoms with Crippen molar-refractivity contribution in [2.45, 2.75) is 13.8 Å². The Hall–Kier alpha value is -1.85. The van der Waals surface area contributed by atoms with Crippen molar-refractivity contribution in [3.8, 4) is 5.69 Å². The minimum atomic E-state index is -0.0266. The summed E-state index contributed by atoms with van der Waals surface area (Å²) < 4.78 is 2.75. The zero-order chi connectivity index (χ0) is 15.9. The molecular formula is C17H16N2OS2. The van der Waals surface area contributed by atoms with Gasteiger partial charge in [-0.1, -0.05) is 42.2 Å². The fourth-order valence-corrected chi connectivity index (χ4v) is 3.69. The molecule has 5 heteroatoms. The van der Waals surface area contributed by atoms with Gasteiger partial charge in [-0.3, -0.25) is 9.69 Å². The highest BCUT2D eigenvalue weighted by Gasteiger charge is 2.29. The van der Waals surface area contributed by atoms with Crippen molar-refractivity contribution < 1.29 is 4.79 Å². The number of benzene rings is 1. The lowest BCUT2D eigenvalue weighted by molar-refractivity contribution is -0.121. The molecule has 0 spiro atoms. The summed E-state index contributed by atoms with van der Waals surface area (Å²) in [7, 11) is 1.72. The zero-order valence-corrected chi connectivity index (χ0v) is 14.3. The number of thioether (sulfide) groups is 1. The molecule has 0 saturated carbocycles. The molecule has 0 aliphatic carbocycles. The molecular weight excluding hydrogens is 312 g/mol. The van der Waals surface area contributed by atoms with Crippen molar-refractivity contribution >= 4 is 40.3 Å². The molecule has 1 aromatic carbocycles. The van der Waals surface area contributed by atoms with E-state index in [1.165, 1.54) is 16.7 Å². The second-order valence-electron chi connectivity index (χ2n) is 5.26. The van der Waals surface area contributed by atoms with E-state index in [0.29, 0.717) is 9.23 Å². The summed E-state index contributed by atoms with van der Waals surface area (Å²) in [4.78, 5) is 14.4. The lowest BCUT2D eigenvalue weighted by atomic mass is 10.1. The van der Waals surface area contributed by atoms with Crippen LogP contribution in [0.5, 0.6) is 0 Å². The van der Waals surface area contributed by atoms with Crippen LogP contribution in [-0.4, -0.2) is 26.7 Å². The maximum atomic E-state index is 12.2. The number of hydrogen-bond acceptors (Lipinski definition) is 3. The first-order valence-electron chi connectivity index (χ1n) is 6.94. The van der Waals surface area contributed by atoms with Crippen LogP contribution in [0.4, 0.5) is 0 Å². The Morgan fingerprint density at radius 1 is 1.18 bits per heavy atom. The number of thiocarbonyl (C=S) groups is 1. The van der Waals surface area contributed by atoms with Gasteiger partial charge in [0.25, 0.3) is 5.91 Å². The number of nitrogens with zero attached hydrogens (tertiary/aromatic N) is 2. The van der Waals surface area contributed by atoms with E-state index < -0.39 is 0 Å². The monoisotopic (exact) mass is 328 g/mol. The Balaban J connectivity index is 2.05. The number of carbonyl (C=O) groups excluding carboxylic acids is 1. The minimum Gasteiger partial charge on any atom is -0.320 e. The SMILES string of the molecule is Cc1cn(-c2ccccc2)c(C)c1C=C1SC(=S)N(C)C1=O. The predicted octanol–water partition coefficient (Wildman–Crippen LogP) is 3.93. The van der Waals surface area contributed by atoms with Gasteiger partial charge in [0.1, 0.15) is 4.32 Å². The van der Waals surface area contributed by atoms with Gasteiger partial charge in [-0.05, 0) is 43.2 Å². The Labute approximate surface area is 139 Å². The Kier molecular flexibility index (Phi) is 3.93. The first-order chi connectivity index (χ1) is 10.5. The third-order valence-corrected chi connectivity index (χ3v) is 5.28. The van der Waals surface area contributed by atoms with E-state index in [9.17, 15) is 4.79 Å². The summed E-state index contributed by atoms with van der Waals surface area (Å²) in [6, 6.07) is 10.2. The first kappa shape index (κ1) is 15.1. The van der Waals surface area contributed by atoms with E-state index in [-0.39, 0.29) is 5.91 Å². The third-order valence-electron chi connectivity index (χ3n) is 3.80. The van der Waals surface area contributed by atoms with Crippen LogP contribution in [0.3, 0.4) is 0 Å². The van der Waals surface area contributed by atoms with E-state index in [1.807, 2.05) is 24.3 Å².